The quantitative estimate of drug-likeness (QED) is 0.930. The summed E-state index contributed by atoms with van der Waals surface area (Å²) in [5.74, 6) is -0.210. The van der Waals surface area contributed by atoms with E-state index in [1.165, 1.54) is 6.07 Å². The van der Waals surface area contributed by atoms with E-state index < -0.39 is 5.82 Å². The number of hydrogen-bond acceptors (Lipinski definition) is 3. The zero-order valence-electron chi connectivity index (χ0n) is 9.78. The summed E-state index contributed by atoms with van der Waals surface area (Å²) in [6, 6.07) is 8.93. The Hall–Kier alpha value is -1.46. The number of halogens is 2. The number of para-hydroxylation sites is 1. The fraction of sp³-hybridized carbons (Fsp3) is 0.154. The van der Waals surface area contributed by atoms with Crippen LogP contribution in [0.3, 0.4) is 0 Å². The number of hydrogen-bond donors (Lipinski definition) is 1. The molecule has 94 valence electrons. The number of methoxy groups -OCH3 is 1. The summed E-state index contributed by atoms with van der Waals surface area (Å²) in [7, 11) is 1.62. The van der Waals surface area contributed by atoms with E-state index in [0.29, 0.717) is 11.1 Å². The third-order valence-corrected chi connectivity index (χ3v) is 2.81. The van der Waals surface area contributed by atoms with Gasteiger partial charge in [-0.1, -0.05) is 18.2 Å². The van der Waals surface area contributed by atoms with Crippen LogP contribution >= 0.6 is 15.9 Å². The monoisotopic (exact) mass is 310 g/mol. The van der Waals surface area contributed by atoms with Crippen molar-refractivity contribution in [1.82, 2.24) is 4.98 Å². The Balaban J connectivity index is 2.28. The van der Waals surface area contributed by atoms with Crippen LogP contribution in [-0.4, -0.2) is 12.1 Å². The molecule has 0 aliphatic heterocycles. The van der Waals surface area contributed by atoms with Crippen molar-refractivity contribution in [3.63, 3.8) is 0 Å². The number of pyridine rings is 1. The van der Waals surface area contributed by atoms with Gasteiger partial charge in [-0.25, -0.2) is 9.37 Å². The van der Waals surface area contributed by atoms with Gasteiger partial charge >= 0.3 is 0 Å². The highest BCUT2D eigenvalue weighted by molar-refractivity contribution is 9.10. The Morgan fingerprint density at radius 1 is 1.39 bits per heavy atom. The second-order valence-corrected chi connectivity index (χ2v) is 4.61. The normalized spacial score (nSPS) is 10.4. The van der Waals surface area contributed by atoms with Crippen LogP contribution in [0.5, 0.6) is 0 Å². The summed E-state index contributed by atoms with van der Waals surface area (Å²) in [6.07, 6.45) is 1.55. The van der Waals surface area contributed by atoms with E-state index in [4.69, 9.17) is 4.74 Å². The molecule has 0 spiro atoms. The zero-order chi connectivity index (χ0) is 13.0. The van der Waals surface area contributed by atoms with Crippen LogP contribution in [0.25, 0.3) is 0 Å². The number of benzene rings is 1. The van der Waals surface area contributed by atoms with E-state index >= 15 is 0 Å². The van der Waals surface area contributed by atoms with Gasteiger partial charge in [-0.05, 0) is 28.1 Å². The number of nitrogens with one attached hydrogen (secondary N) is 1. The predicted molar refractivity (Wildman–Crippen MR) is 72.3 cm³/mol. The maximum absolute atomic E-state index is 13.7. The molecule has 3 nitrogen and oxygen atoms in total. The van der Waals surface area contributed by atoms with Crippen molar-refractivity contribution in [2.75, 3.05) is 12.4 Å². The first kappa shape index (κ1) is 13.0. The minimum absolute atomic E-state index is 0.196. The van der Waals surface area contributed by atoms with Crippen LogP contribution in [-0.2, 0) is 11.3 Å². The van der Waals surface area contributed by atoms with Gasteiger partial charge in [0, 0.05) is 29.0 Å². The van der Waals surface area contributed by atoms with Gasteiger partial charge in [0.2, 0.25) is 0 Å². The second-order valence-electron chi connectivity index (χ2n) is 3.70. The highest BCUT2D eigenvalue weighted by Crippen LogP contribution is 2.23. The number of rotatable bonds is 4. The summed E-state index contributed by atoms with van der Waals surface area (Å²) < 4.78 is 19.4. The van der Waals surface area contributed by atoms with Crippen LogP contribution in [0, 0.1) is 5.82 Å². The molecule has 0 aliphatic carbocycles. The molecule has 1 aromatic carbocycles. The lowest BCUT2D eigenvalue weighted by molar-refractivity contribution is 0.185. The first-order valence-electron chi connectivity index (χ1n) is 5.35. The van der Waals surface area contributed by atoms with Crippen molar-refractivity contribution in [1.29, 1.82) is 0 Å². The zero-order valence-corrected chi connectivity index (χ0v) is 11.4. The average Bonchev–Trinajstić information content (AvgIpc) is 2.35. The minimum atomic E-state index is -0.406. The van der Waals surface area contributed by atoms with Crippen molar-refractivity contribution in [2.24, 2.45) is 0 Å². The van der Waals surface area contributed by atoms with Gasteiger partial charge in [-0.2, -0.15) is 0 Å². The van der Waals surface area contributed by atoms with E-state index in [1.54, 1.807) is 13.3 Å². The topological polar surface area (TPSA) is 34.1 Å². The van der Waals surface area contributed by atoms with Gasteiger partial charge in [0.05, 0.1) is 6.61 Å². The molecule has 0 bridgehead atoms. The highest BCUT2D eigenvalue weighted by atomic mass is 79.9. The average molecular weight is 311 g/mol. The molecule has 18 heavy (non-hydrogen) atoms. The lowest BCUT2D eigenvalue weighted by atomic mass is 10.2. The molecular formula is C13H12BrFN2O. The van der Waals surface area contributed by atoms with Crippen molar-refractivity contribution < 1.29 is 9.13 Å². The molecule has 1 aromatic heterocycles. The molecule has 5 heteroatoms. The summed E-state index contributed by atoms with van der Waals surface area (Å²) in [6.45, 7) is 0.460. The van der Waals surface area contributed by atoms with Crippen molar-refractivity contribution >= 4 is 27.4 Å². The molecule has 0 fully saturated rings. The lowest BCUT2D eigenvalue weighted by Gasteiger charge is -2.11. The molecule has 0 aliphatic rings. The van der Waals surface area contributed by atoms with E-state index in [9.17, 15) is 4.39 Å². The summed E-state index contributed by atoms with van der Waals surface area (Å²) in [5.41, 5.74) is 1.73. The van der Waals surface area contributed by atoms with Gasteiger partial charge in [0.25, 0.3) is 0 Å². The number of ether oxygens (including phenoxy) is 1. The van der Waals surface area contributed by atoms with Crippen LogP contribution in [0.15, 0.2) is 41.0 Å². The van der Waals surface area contributed by atoms with E-state index in [2.05, 4.69) is 26.2 Å². The first-order valence-corrected chi connectivity index (χ1v) is 6.15. The molecule has 0 saturated heterocycles. The first-order chi connectivity index (χ1) is 8.70. The van der Waals surface area contributed by atoms with Gasteiger partial charge in [-0.3, -0.25) is 0 Å². The summed E-state index contributed by atoms with van der Waals surface area (Å²) >= 11 is 3.17. The molecule has 2 rings (SSSR count). The Kier molecular flexibility index (Phi) is 4.28. The second kappa shape index (κ2) is 5.93. The molecular weight excluding hydrogens is 299 g/mol. The molecule has 0 atom stereocenters. The molecule has 0 radical (unpaired) electrons. The fourth-order valence-electron chi connectivity index (χ4n) is 1.56. The Bertz CT molecular complexity index is 548. The SMILES string of the molecule is COCc1ccccc1Nc1ncc(Br)cc1F. The van der Waals surface area contributed by atoms with Gasteiger partial charge in [0.15, 0.2) is 11.6 Å². The van der Waals surface area contributed by atoms with Crippen LogP contribution in [0.4, 0.5) is 15.9 Å². The molecule has 0 amide bonds. The minimum Gasteiger partial charge on any atom is -0.380 e. The Morgan fingerprint density at radius 3 is 2.89 bits per heavy atom. The maximum atomic E-state index is 13.7. The number of aromatic nitrogens is 1. The van der Waals surface area contributed by atoms with Gasteiger partial charge < -0.3 is 10.1 Å². The van der Waals surface area contributed by atoms with Gasteiger partial charge in [0.1, 0.15) is 0 Å². The summed E-state index contributed by atoms with van der Waals surface area (Å²) in [4.78, 5) is 4.00. The van der Waals surface area contributed by atoms with E-state index in [-0.39, 0.29) is 5.82 Å². The summed E-state index contributed by atoms with van der Waals surface area (Å²) in [5, 5.41) is 2.97. The lowest BCUT2D eigenvalue weighted by Crippen LogP contribution is -2.01. The number of nitrogens with zero attached hydrogens (tertiary/aromatic N) is 1. The van der Waals surface area contributed by atoms with Crippen LogP contribution in [0.1, 0.15) is 5.56 Å². The fourth-order valence-corrected chi connectivity index (χ4v) is 1.86. The van der Waals surface area contributed by atoms with E-state index in [1.807, 2.05) is 24.3 Å². The van der Waals surface area contributed by atoms with Crippen molar-refractivity contribution in [3.05, 3.63) is 52.4 Å². The standard InChI is InChI=1S/C13H12BrFN2O/c1-18-8-9-4-2-3-5-12(9)17-13-11(15)6-10(14)7-16-13/h2-7H,8H2,1H3,(H,16,17). The molecule has 2 aromatic rings. The Labute approximate surface area is 113 Å². The molecule has 1 heterocycles. The largest absolute Gasteiger partial charge is 0.380 e. The third-order valence-electron chi connectivity index (χ3n) is 2.38. The van der Waals surface area contributed by atoms with Crippen LogP contribution in [0.2, 0.25) is 0 Å². The van der Waals surface area contributed by atoms with Gasteiger partial charge in [-0.15, -0.1) is 0 Å². The Morgan fingerprint density at radius 2 is 2.17 bits per heavy atom. The third kappa shape index (κ3) is 3.05. The highest BCUT2D eigenvalue weighted by Gasteiger charge is 2.07. The molecule has 0 unspecified atom stereocenters. The maximum Gasteiger partial charge on any atom is 0.166 e. The predicted octanol–water partition coefficient (Wildman–Crippen LogP) is 3.87. The smallest absolute Gasteiger partial charge is 0.166 e. The van der Waals surface area contributed by atoms with Crippen molar-refractivity contribution in [3.8, 4) is 0 Å². The molecule has 0 saturated carbocycles. The van der Waals surface area contributed by atoms with E-state index in [0.717, 1.165) is 11.3 Å². The van der Waals surface area contributed by atoms with Crippen LogP contribution < -0.4 is 5.32 Å². The number of anilines is 2. The molecule has 1 N–H and O–H groups in total. The van der Waals surface area contributed by atoms with Crippen molar-refractivity contribution in [2.45, 2.75) is 6.61 Å².